The predicted molar refractivity (Wildman–Crippen MR) is 93.0 cm³/mol. The van der Waals surface area contributed by atoms with E-state index in [1.54, 1.807) is 7.11 Å². The van der Waals surface area contributed by atoms with Gasteiger partial charge in [-0.15, -0.1) is 0 Å². The molecule has 130 valence electrons. The standard InChI is InChI=1S/C17H28O5Si/c1-17(2,3)23(6,7)22-13-9-8-12(10-14(13)20-4)11-15(21-5)16(18)19/h8-10,15H,11H2,1-7H3,(H,18,19). The first-order chi connectivity index (χ1) is 10.5. The molecule has 1 unspecified atom stereocenters. The van der Waals surface area contributed by atoms with Gasteiger partial charge in [-0.2, -0.15) is 0 Å². The topological polar surface area (TPSA) is 65.0 Å². The molecular formula is C17H28O5Si. The highest BCUT2D eigenvalue weighted by molar-refractivity contribution is 6.74. The largest absolute Gasteiger partial charge is 0.541 e. The molecule has 0 saturated heterocycles. The second kappa shape index (κ2) is 7.36. The van der Waals surface area contributed by atoms with Gasteiger partial charge in [-0.05, 0) is 35.8 Å². The van der Waals surface area contributed by atoms with Crippen LogP contribution in [0, 0.1) is 0 Å². The van der Waals surface area contributed by atoms with Crippen LogP contribution in [0.4, 0.5) is 0 Å². The van der Waals surface area contributed by atoms with E-state index in [2.05, 4.69) is 33.9 Å². The summed E-state index contributed by atoms with van der Waals surface area (Å²) in [5.41, 5.74) is 0.832. The summed E-state index contributed by atoms with van der Waals surface area (Å²) < 4.78 is 16.7. The molecule has 23 heavy (non-hydrogen) atoms. The van der Waals surface area contributed by atoms with E-state index in [4.69, 9.17) is 19.0 Å². The van der Waals surface area contributed by atoms with Crippen molar-refractivity contribution in [1.82, 2.24) is 0 Å². The van der Waals surface area contributed by atoms with Gasteiger partial charge in [-0.25, -0.2) is 4.79 Å². The van der Waals surface area contributed by atoms with Crippen molar-refractivity contribution in [3.63, 3.8) is 0 Å². The van der Waals surface area contributed by atoms with Crippen LogP contribution in [0.15, 0.2) is 18.2 Å². The van der Waals surface area contributed by atoms with E-state index in [1.165, 1.54) is 7.11 Å². The molecule has 0 fully saturated rings. The molecule has 0 heterocycles. The van der Waals surface area contributed by atoms with Gasteiger partial charge >= 0.3 is 5.97 Å². The molecule has 0 radical (unpaired) electrons. The molecule has 0 aliphatic heterocycles. The summed E-state index contributed by atoms with van der Waals surface area (Å²) >= 11 is 0. The third kappa shape index (κ3) is 4.97. The molecule has 0 aromatic heterocycles. The highest BCUT2D eigenvalue weighted by atomic mass is 28.4. The molecular weight excluding hydrogens is 312 g/mol. The highest BCUT2D eigenvalue weighted by Crippen LogP contribution is 2.40. The van der Waals surface area contributed by atoms with E-state index in [-0.39, 0.29) is 11.5 Å². The lowest BCUT2D eigenvalue weighted by Crippen LogP contribution is -2.43. The van der Waals surface area contributed by atoms with Crippen molar-refractivity contribution in [3.8, 4) is 11.5 Å². The average Bonchev–Trinajstić information content (AvgIpc) is 2.44. The van der Waals surface area contributed by atoms with Gasteiger partial charge in [0, 0.05) is 13.5 Å². The van der Waals surface area contributed by atoms with Crippen LogP contribution in [-0.4, -0.2) is 39.7 Å². The Morgan fingerprint density at radius 3 is 2.26 bits per heavy atom. The van der Waals surface area contributed by atoms with Crippen molar-refractivity contribution in [2.45, 2.75) is 51.4 Å². The van der Waals surface area contributed by atoms with Gasteiger partial charge in [-0.1, -0.05) is 26.8 Å². The minimum Gasteiger partial charge on any atom is -0.541 e. The fourth-order valence-corrected chi connectivity index (χ4v) is 2.86. The van der Waals surface area contributed by atoms with E-state index < -0.39 is 20.4 Å². The number of hydrogen-bond acceptors (Lipinski definition) is 4. The number of benzene rings is 1. The lowest BCUT2D eigenvalue weighted by Gasteiger charge is -2.36. The summed E-state index contributed by atoms with van der Waals surface area (Å²) in [4.78, 5) is 11.1. The first kappa shape index (κ1) is 19.5. The normalized spacial score (nSPS) is 13.5. The highest BCUT2D eigenvalue weighted by Gasteiger charge is 2.39. The zero-order chi connectivity index (χ0) is 17.8. The zero-order valence-corrected chi connectivity index (χ0v) is 16.1. The SMILES string of the molecule is COc1cc(CC(OC)C(=O)O)ccc1O[Si](C)(C)C(C)(C)C. The summed E-state index contributed by atoms with van der Waals surface area (Å²) in [5.74, 6) is 0.341. The Balaban J connectivity index is 3.03. The zero-order valence-electron chi connectivity index (χ0n) is 15.1. The van der Waals surface area contributed by atoms with Gasteiger partial charge in [0.25, 0.3) is 8.32 Å². The summed E-state index contributed by atoms with van der Waals surface area (Å²) in [6.45, 7) is 10.9. The Labute approximate surface area is 139 Å². The van der Waals surface area contributed by atoms with Crippen molar-refractivity contribution in [1.29, 1.82) is 0 Å². The van der Waals surface area contributed by atoms with Gasteiger partial charge in [0.15, 0.2) is 11.9 Å². The molecule has 0 bridgehead atoms. The summed E-state index contributed by atoms with van der Waals surface area (Å²) in [6.07, 6.45) is -0.588. The number of ether oxygens (including phenoxy) is 2. The molecule has 0 aliphatic rings. The van der Waals surface area contributed by atoms with Crippen LogP contribution in [-0.2, 0) is 16.0 Å². The predicted octanol–water partition coefficient (Wildman–Crippen LogP) is 3.72. The van der Waals surface area contributed by atoms with Crippen molar-refractivity contribution in [3.05, 3.63) is 23.8 Å². The first-order valence-electron chi connectivity index (χ1n) is 7.63. The number of hydrogen-bond donors (Lipinski definition) is 1. The molecule has 5 nitrogen and oxygen atoms in total. The van der Waals surface area contributed by atoms with E-state index in [9.17, 15) is 4.79 Å². The van der Waals surface area contributed by atoms with E-state index in [0.717, 1.165) is 5.56 Å². The minimum atomic E-state index is -1.97. The van der Waals surface area contributed by atoms with Crippen molar-refractivity contribution in [2.24, 2.45) is 0 Å². The Morgan fingerprint density at radius 1 is 1.22 bits per heavy atom. The van der Waals surface area contributed by atoms with E-state index in [1.807, 2.05) is 18.2 Å². The number of carboxylic acids is 1. The maximum absolute atomic E-state index is 11.1. The van der Waals surface area contributed by atoms with Gasteiger partial charge in [0.1, 0.15) is 5.75 Å². The van der Waals surface area contributed by atoms with E-state index >= 15 is 0 Å². The van der Waals surface area contributed by atoms with Crippen molar-refractivity contribution in [2.75, 3.05) is 14.2 Å². The number of carboxylic acid groups (broad SMARTS) is 1. The van der Waals surface area contributed by atoms with Crippen LogP contribution >= 0.6 is 0 Å². The molecule has 0 amide bonds. The maximum atomic E-state index is 11.1. The second-order valence-corrected chi connectivity index (χ2v) is 11.8. The number of carbonyl (C=O) groups is 1. The van der Waals surface area contributed by atoms with Crippen LogP contribution < -0.4 is 9.16 Å². The van der Waals surface area contributed by atoms with Crippen molar-refractivity contribution < 1.29 is 23.8 Å². The molecule has 1 aromatic rings. The fraction of sp³-hybridized carbons (Fsp3) is 0.588. The molecule has 6 heteroatoms. The Bertz CT molecular complexity index is 548. The number of methoxy groups -OCH3 is 2. The van der Waals surface area contributed by atoms with Gasteiger partial charge in [0.2, 0.25) is 0 Å². The van der Waals surface area contributed by atoms with Crippen LogP contribution in [0.25, 0.3) is 0 Å². The maximum Gasteiger partial charge on any atom is 0.333 e. The van der Waals surface area contributed by atoms with Crippen molar-refractivity contribution >= 4 is 14.3 Å². The molecule has 0 aliphatic carbocycles. The second-order valence-electron chi connectivity index (χ2n) is 7.11. The summed E-state index contributed by atoms with van der Waals surface area (Å²) in [5, 5.41) is 9.17. The Morgan fingerprint density at radius 2 is 1.83 bits per heavy atom. The van der Waals surface area contributed by atoms with Crippen LogP contribution in [0.2, 0.25) is 18.1 Å². The first-order valence-corrected chi connectivity index (χ1v) is 10.5. The minimum absolute atomic E-state index is 0.0845. The third-order valence-electron chi connectivity index (χ3n) is 4.38. The quantitative estimate of drug-likeness (QED) is 0.766. The van der Waals surface area contributed by atoms with Gasteiger partial charge in [-0.3, -0.25) is 0 Å². The van der Waals surface area contributed by atoms with Crippen LogP contribution in [0.5, 0.6) is 11.5 Å². The van der Waals surface area contributed by atoms with Gasteiger partial charge < -0.3 is 19.0 Å². The van der Waals surface area contributed by atoms with E-state index in [0.29, 0.717) is 11.5 Å². The summed E-state index contributed by atoms with van der Waals surface area (Å²) in [7, 11) is 1.01. The fourth-order valence-electron chi connectivity index (χ4n) is 1.84. The Kier molecular flexibility index (Phi) is 6.24. The number of aliphatic carboxylic acids is 1. The lowest BCUT2D eigenvalue weighted by atomic mass is 10.1. The lowest BCUT2D eigenvalue weighted by molar-refractivity contribution is -0.148. The molecule has 1 aromatic carbocycles. The van der Waals surface area contributed by atoms with Crippen LogP contribution in [0.1, 0.15) is 26.3 Å². The van der Waals surface area contributed by atoms with Crippen LogP contribution in [0.3, 0.4) is 0 Å². The molecule has 0 saturated carbocycles. The average molecular weight is 340 g/mol. The molecule has 1 atom stereocenters. The third-order valence-corrected chi connectivity index (χ3v) is 8.72. The molecule has 1 N–H and O–H groups in total. The number of rotatable bonds is 7. The molecule has 1 rings (SSSR count). The smallest absolute Gasteiger partial charge is 0.333 e. The summed E-state index contributed by atoms with van der Waals surface area (Å²) in [6, 6.07) is 5.53. The molecule has 0 spiro atoms. The van der Waals surface area contributed by atoms with Gasteiger partial charge in [0.05, 0.1) is 7.11 Å². The Hall–Kier alpha value is -1.53. The monoisotopic (exact) mass is 340 g/mol.